The topological polar surface area (TPSA) is 41.1 Å². The maximum Gasteiger partial charge on any atom is 0.405 e. The summed E-state index contributed by atoms with van der Waals surface area (Å²) in [7, 11) is 0. The molecule has 0 aromatic heterocycles. The van der Waals surface area contributed by atoms with Crippen LogP contribution in [0.15, 0.2) is 12.1 Å². The SMILES string of the molecule is Cc1c(F)ccc(Cl)c1NC(=O)NCC(F)(F)F. The van der Waals surface area contributed by atoms with Gasteiger partial charge in [-0.25, -0.2) is 9.18 Å². The van der Waals surface area contributed by atoms with E-state index < -0.39 is 24.6 Å². The molecule has 100 valence electrons. The van der Waals surface area contributed by atoms with Crippen molar-refractivity contribution in [3.05, 3.63) is 28.5 Å². The van der Waals surface area contributed by atoms with Crippen LogP contribution < -0.4 is 10.6 Å². The molecule has 0 spiro atoms. The Hall–Kier alpha value is -1.50. The molecule has 0 atom stereocenters. The van der Waals surface area contributed by atoms with Crippen molar-refractivity contribution in [2.75, 3.05) is 11.9 Å². The Kier molecular flexibility index (Phi) is 4.39. The monoisotopic (exact) mass is 284 g/mol. The number of hydrogen-bond donors (Lipinski definition) is 2. The van der Waals surface area contributed by atoms with E-state index in [2.05, 4.69) is 5.32 Å². The Morgan fingerprint density at radius 2 is 2.00 bits per heavy atom. The first-order valence-electron chi connectivity index (χ1n) is 4.77. The van der Waals surface area contributed by atoms with Gasteiger partial charge in [-0.2, -0.15) is 13.2 Å². The highest BCUT2D eigenvalue weighted by atomic mass is 35.5. The van der Waals surface area contributed by atoms with Crippen LogP contribution in [-0.4, -0.2) is 18.8 Å². The lowest BCUT2D eigenvalue weighted by atomic mass is 10.2. The van der Waals surface area contributed by atoms with Crippen molar-refractivity contribution in [1.29, 1.82) is 0 Å². The average Bonchev–Trinajstić information content (AvgIpc) is 2.26. The molecule has 0 bridgehead atoms. The predicted octanol–water partition coefficient (Wildman–Crippen LogP) is 3.47. The molecule has 0 saturated carbocycles. The van der Waals surface area contributed by atoms with Gasteiger partial charge in [-0.3, -0.25) is 0 Å². The molecule has 2 amide bonds. The Morgan fingerprint density at radius 1 is 1.39 bits per heavy atom. The first kappa shape index (κ1) is 14.6. The normalized spacial score (nSPS) is 11.2. The lowest BCUT2D eigenvalue weighted by molar-refractivity contribution is -0.122. The number of hydrogen-bond acceptors (Lipinski definition) is 1. The molecule has 2 N–H and O–H groups in total. The largest absolute Gasteiger partial charge is 0.405 e. The molecule has 0 saturated heterocycles. The zero-order chi connectivity index (χ0) is 13.9. The number of urea groups is 1. The highest BCUT2D eigenvalue weighted by Gasteiger charge is 2.27. The van der Waals surface area contributed by atoms with Crippen molar-refractivity contribution in [1.82, 2.24) is 5.32 Å². The second kappa shape index (κ2) is 5.43. The van der Waals surface area contributed by atoms with E-state index in [0.29, 0.717) is 0 Å². The molecule has 3 nitrogen and oxygen atoms in total. The highest BCUT2D eigenvalue weighted by molar-refractivity contribution is 6.33. The molecule has 0 unspecified atom stereocenters. The Balaban J connectivity index is 2.74. The van der Waals surface area contributed by atoms with Crippen LogP contribution >= 0.6 is 11.6 Å². The van der Waals surface area contributed by atoms with Crippen LogP contribution in [-0.2, 0) is 0 Å². The maximum atomic E-state index is 13.2. The molecule has 0 fully saturated rings. The van der Waals surface area contributed by atoms with E-state index in [9.17, 15) is 22.4 Å². The number of rotatable bonds is 2. The van der Waals surface area contributed by atoms with Crippen LogP contribution in [0.3, 0.4) is 0 Å². The summed E-state index contributed by atoms with van der Waals surface area (Å²) in [5.41, 5.74) is -0.0130. The molecular weight excluding hydrogens is 276 g/mol. The van der Waals surface area contributed by atoms with Gasteiger partial charge in [0.1, 0.15) is 12.4 Å². The van der Waals surface area contributed by atoms with Crippen molar-refractivity contribution >= 4 is 23.3 Å². The third-order valence-electron chi connectivity index (χ3n) is 2.04. The fraction of sp³-hybridized carbons (Fsp3) is 0.300. The molecule has 8 heteroatoms. The van der Waals surface area contributed by atoms with Gasteiger partial charge < -0.3 is 10.6 Å². The van der Waals surface area contributed by atoms with Crippen molar-refractivity contribution < 1.29 is 22.4 Å². The van der Waals surface area contributed by atoms with Crippen LogP contribution in [0.4, 0.5) is 28.0 Å². The first-order valence-corrected chi connectivity index (χ1v) is 5.14. The Labute approximate surface area is 105 Å². The number of carbonyl (C=O) groups excluding carboxylic acids is 1. The molecule has 1 aromatic carbocycles. The number of nitrogens with one attached hydrogen (secondary N) is 2. The molecule has 0 aliphatic rings. The van der Waals surface area contributed by atoms with Crippen LogP contribution in [0, 0.1) is 12.7 Å². The van der Waals surface area contributed by atoms with Gasteiger partial charge in [-0.05, 0) is 19.1 Å². The third kappa shape index (κ3) is 4.06. The summed E-state index contributed by atoms with van der Waals surface area (Å²) in [5.74, 6) is -0.620. The molecule has 1 aromatic rings. The van der Waals surface area contributed by atoms with Gasteiger partial charge in [0.2, 0.25) is 0 Å². The van der Waals surface area contributed by atoms with E-state index in [4.69, 9.17) is 11.6 Å². The van der Waals surface area contributed by atoms with E-state index in [-0.39, 0.29) is 16.3 Å². The molecular formula is C10H9ClF4N2O. The molecule has 1 rings (SSSR count). The molecule has 0 radical (unpaired) electrons. The lowest BCUT2D eigenvalue weighted by Gasteiger charge is -2.13. The zero-order valence-electron chi connectivity index (χ0n) is 9.16. The van der Waals surface area contributed by atoms with Crippen molar-refractivity contribution in [3.8, 4) is 0 Å². The highest BCUT2D eigenvalue weighted by Crippen LogP contribution is 2.27. The second-order valence-corrected chi connectivity index (χ2v) is 3.86. The van der Waals surface area contributed by atoms with Gasteiger partial charge in [-0.1, -0.05) is 11.6 Å². The molecule has 0 heterocycles. The Bertz CT molecular complexity index is 462. The van der Waals surface area contributed by atoms with E-state index >= 15 is 0 Å². The standard InChI is InChI=1S/C10H9ClF4N2O/c1-5-7(12)3-2-6(11)8(5)17-9(18)16-4-10(13,14)15/h2-3H,4H2,1H3,(H2,16,17,18). The smallest absolute Gasteiger partial charge is 0.329 e. The summed E-state index contributed by atoms with van der Waals surface area (Å²) >= 11 is 5.70. The lowest BCUT2D eigenvalue weighted by Crippen LogP contribution is -2.36. The van der Waals surface area contributed by atoms with Crippen LogP contribution in [0.1, 0.15) is 5.56 Å². The van der Waals surface area contributed by atoms with Gasteiger partial charge in [0.15, 0.2) is 0 Å². The summed E-state index contributed by atoms with van der Waals surface area (Å²) in [6.45, 7) is -0.134. The molecule has 0 aliphatic heterocycles. The third-order valence-corrected chi connectivity index (χ3v) is 2.35. The summed E-state index contributed by atoms with van der Waals surface area (Å²) in [6, 6.07) is 1.18. The Morgan fingerprint density at radius 3 is 2.56 bits per heavy atom. The van der Waals surface area contributed by atoms with Crippen LogP contribution in [0.5, 0.6) is 0 Å². The van der Waals surface area contributed by atoms with E-state index in [0.717, 1.165) is 6.07 Å². The van der Waals surface area contributed by atoms with Gasteiger partial charge in [0.25, 0.3) is 0 Å². The van der Waals surface area contributed by atoms with E-state index in [1.807, 2.05) is 0 Å². The van der Waals surface area contributed by atoms with Crippen LogP contribution in [0.25, 0.3) is 0 Å². The minimum Gasteiger partial charge on any atom is -0.329 e. The van der Waals surface area contributed by atoms with Gasteiger partial charge in [0, 0.05) is 5.56 Å². The quantitative estimate of drug-likeness (QED) is 0.802. The molecule has 18 heavy (non-hydrogen) atoms. The maximum absolute atomic E-state index is 13.2. The predicted molar refractivity (Wildman–Crippen MR) is 59.2 cm³/mol. The summed E-state index contributed by atoms with van der Waals surface area (Å²) in [4.78, 5) is 11.2. The van der Waals surface area contributed by atoms with Crippen molar-refractivity contribution in [2.24, 2.45) is 0 Å². The number of carbonyl (C=O) groups is 1. The summed E-state index contributed by atoms with van der Waals surface area (Å²) < 4.78 is 48.7. The fourth-order valence-electron chi connectivity index (χ4n) is 1.14. The molecule has 0 aliphatic carbocycles. The minimum absolute atomic E-state index is 0.0380. The second-order valence-electron chi connectivity index (χ2n) is 3.45. The average molecular weight is 285 g/mol. The fourth-order valence-corrected chi connectivity index (χ4v) is 1.40. The van der Waals surface area contributed by atoms with Gasteiger partial charge in [-0.15, -0.1) is 0 Å². The van der Waals surface area contributed by atoms with Crippen molar-refractivity contribution in [3.63, 3.8) is 0 Å². The minimum atomic E-state index is -4.52. The van der Waals surface area contributed by atoms with Crippen LogP contribution in [0.2, 0.25) is 5.02 Å². The van der Waals surface area contributed by atoms with E-state index in [1.54, 1.807) is 5.32 Å². The number of alkyl halides is 3. The zero-order valence-corrected chi connectivity index (χ0v) is 9.92. The number of amides is 2. The first-order chi connectivity index (χ1) is 8.20. The number of anilines is 1. The van der Waals surface area contributed by atoms with Gasteiger partial charge in [0.05, 0.1) is 10.7 Å². The number of halogens is 5. The van der Waals surface area contributed by atoms with Gasteiger partial charge >= 0.3 is 12.2 Å². The van der Waals surface area contributed by atoms with E-state index in [1.165, 1.54) is 13.0 Å². The summed E-state index contributed by atoms with van der Waals surface area (Å²) in [6.07, 6.45) is -4.52. The van der Waals surface area contributed by atoms with Crippen molar-refractivity contribution in [2.45, 2.75) is 13.1 Å². The summed E-state index contributed by atoms with van der Waals surface area (Å²) in [5, 5.41) is 3.70. The number of benzene rings is 1.